The molecule has 0 saturated carbocycles. The van der Waals surface area contributed by atoms with E-state index in [4.69, 9.17) is 4.74 Å². The molecule has 1 aliphatic heterocycles. The second kappa shape index (κ2) is 7.38. The molecule has 2 aromatic rings. The zero-order valence-corrected chi connectivity index (χ0v) is 13.1. The number of amides is 1. The van der Waals surface area contributed by atoms with Crippen molar-refractivity contribution in [3.05, 3.63) is 40.7 Å². The molecule has 116 valence electrons. The topological polar surface area (TPSA) is 54.5 Å². The van der Waals surface area contributed by atoms with E-state index in [1.165, 1.54) is 5.56 Å². The zero-order chi connectivity index (χ0) is 15.2. The van der Waals surface area contributed by atoms with Gasteiger partial charge in [-0.3, -0.25) is 4.79 Å². The number of morpholine rings is 1. The van der Waals surface area contributed by atoms with E-state index in [9.17, 15) is 4.79 Å². The van der Waals surface area contributed by atoms with Crippen molar-refractivity contribution < 1.29 is 9.53 Å². The fourth-order valence-electron chi connectivity index (χ4n) is 2.37. The second-order valence-corrected chi connectivity index (χ2v) is 5.96. The molecule has 0 aromatic carbocycles. The molecule has 1 amide bonds. The maximum Gasteiger partial charge on any atom is 0.225 e. The van der Waals surface area contributed by atoms with Gasteiger partial charge < -0.3 is 15.0 Å². The van der Waals surface area contributed by atoms with Gasteiger partial charge in [-0.15, -0.1) is 0 Å². The Morgan fingerprint density at radius 2 is 2.18 bits per heavy atom. The first-order valence-corrected chi connectivity index (χ1v) is 8.35. The Kier molecular flexibility index (Phi) is 5.03. The highest BCUT2D eigenvalue weighted by Gasteiger charge is 2.11. The molecule has 1 saturated heterocycles. The van der Waals surface area contributed by atoms with Crippen LogP contribution in [0.25, 0.3) is 0 Å². The number of thiophene rings is 1. The molecule has 22 heavy (non-hydrogen) atoms. The van der Waals surface area contributed by atoms with Crippen molar-refractivity contribution in [1.29, 1.82) is 0 Å². The van der Waals surface area contributed by atoms with Crippen LogP contribution in [0.15, 0.2) is 35.2 Å². The average molecular weight is 317 g/mol. The summed E-state index contributed by atoms with van der Waals surface area (Å²) in [4.78, 5) is 18.5. The normalized spacial score (nSPS) is 14.8. The molecule has 1 aliphatic rings. The molecule has 6 heteroatoms. The van der Waals surface area contributed by atoms with E-state index >= 15 is 0 Å². The Morgan fingerprint density at radius 3 is 2.86 bits per heavy atom. The van der Waals surface area contributed by atoms with Crippen molar-refractivity contribution in [2.45, 2.75) is 12.8 Å². The van der Waals surface area contributed by atoms with Crippen molar-refractivity contribution in [3.8, 4) is 0 Å². The minimum absolute atomic E-state index is 0.00202. The van der Waals surface area contributed by atoms with Gasteiger partial charge in [0.25, 0.3) is 0 Å². The smallest absolute Gasteiger partial charge is 0.225 e. The molecular weight excluding hydrogens is 298 g/mol. The number of carbonyl (C=O) groups excluding carboxylic acids is 1. The summed E-state index contributed by atoms with van der Waals surface area (Å²) in [5, 5.41) is 6.94. The third-order valence-corrected chi connectivity index (χ3v) is 4.34. The number of aryl methyl sites for hydroxylation is 1. The maximum absolute atomic E-state index is 11.9. The molecule has 0 aliphatic carbocycles. The highest BCUT2D eigenvalue weighted by molar-refractivity contribution is 7.07. The van der Waals surface area contributed by atoms with Crippen molar-refractivity contribution in [2.75, 3.05) is 36.5 Å². The number of nitrogens with one attached hydrogen (secondary N) is 1. The minimum Gasteiger partial charge on any atom is -0.378 e. The third-order valence-electron chi connectivity index (χ3n) is 3.61. The van der Waals surface area contributed by atoms with Crippen LogP contribution in [0.5, 0.6) is 0 Å². The second-order valence-electron chi connectivity index (χ2n) is 5.18. The maximum atomic E-state index is 11.9. The van der Waals surface area contributed by atoms with Gasteiger partial charge in [0.05, 0.1) is 25.1 Å². The van der Waals surface area contributed by atoms with E-state index in [-0.39, 0.29) is 5.91 Å². The first kappa shape index (κ1) is 15.0. The molecular formula is C16H19N3O2S. The summed E-state index contributed by atoms with van der Waals surface area (Å²) in [6, 6.07) is 5.90. The largest absolute Gasteiger partial charge is 0.378 e. The summed E-state index contributed by atoms with van der Waals surface area (Å²) in [6.45, 7) is 3.27. The van der Waals surface area contributed by atoms with Crippen LogP contribution in [-0.4, -0.2) is 37.2 Å². The van der Waals surface area contributed by atoms with Crippen LogP contribution in [0, 0.1) is 0 Å². The highest BCUT2D eigenvalue weighted by atomic mass is 32.1. The van der Waals surface area contributed by atoms with Gasteiger partial charge in [0, 0.05) is 19.5 Å². The van der Waals surface area contributed by atoms with Gasteiger partial charge in [0.15, 0.2) is 0 Å². The lowest BCUT2D eigenvalue weighted by atomic mass is 10.2. The summed E-state index contributed by atoms with van der Waals surface area (Å²) < 4.78 is 5.34. The predicted molar refractivity (Wildman–Crippen MR) is 88.5 cm³/mol. The first-order chi connectivity index (χ1) is 10.8. The molecule has 0 unspecified atom stereocenters. The molecule has 3 heterocycles. The Hall–Kier alpha value is -1.92. The third kappa shape index (κ3) is 4.05. The number of carbonyl (C=O) groups is 1. The van der Waals surface area contributed by atoms with Gasteiger partial charge >= 0.3 is 0 Å². The molecule has 1 N–H and O–H groups in total. The van der Waals surface area contributed by atoms with Crippen LogP contribution < -0.4 is 10.2 Å². The van der Waals surface area contributed by atoms with Crippen molar-refractivity contribution in [1.82, 2.24) is 4.98 Å². The molecule has 0 radical (unpaired) electrons. The lowest BCUT2D eigenvalue weighted by Crippen LogP contribution is -2.36. The van der Waals surface area contributed by atoms with E-state index in [2.05, 4.69) is 20.6 Å². The number of anilines is 2. The van der Waals surface area contributed by atoms with Gasteiger partial charge in [-0.25, -0.2) is 4.98 Å². The number of rotatable bonds is 5. The van der Waals surface area contributed by atoms with Crippen LogP contribution >= 0.6 is 11.3 Å². The average Bonchev–Trinajstić information content (AvgIpc) is 3.08. The van der Waals surface area contributed by atoms with Crippen molar-refractivity contribution in [2.24, 2.45) is 0 Å². The lowest BCUT2D eigenvalue weighted by molar-refractivity contribution is -0.116. The highest BCUT2D eigenvalue weighted by Crippen LogP contribution is 2.16. The Labute approximate surface area is 133 Å². The number of nitrogens with zero attached hydrogens (tertiary/aromatic N) is 2. The van der Waals surface area contributed by atoms with Crippen LogP contribution in [-0.2, 0) is 16.0 Å². The Morgan fingerprint density at radius 1 is 1.32 bits per heavy atom. The van der Waals surface area contributed by atoms with E-state index in [1.54, 1.807) is 17.5 Å². The predicted octanol–water partition coefficient (Wildman–Crippen LogP) is 2.55. The summed E-state index contributed by atoms with van der Waals surface area (Å²) in [6.07, 6.45) is 3.05. The van der Waals surface area contributed by atoms with Crippen LogP contribution in [0.2, 0.25) is 0 Å². The molecule has 0 bridgehead atoms. The monoisotopic (exact) mass is 317 g/mol. The minimum atomic E-state index is -0.00202. The number of hydrogen-bond donors (Lipinski definition) is 1. The number of aromatic nitrogens is 1. The quantitative estimate of drug-likeness (QED) is 0.921. The zero-order valence-electron chi connectivity index (χ0n) is 12.3. The molecule has 1 fully saturated rings. The molecule has 0 spiro atoms. The number of pyridine rings is 1. The SMILES string of the molecule is O=C(CCc1ccsc1)Nc1ccc(N2CCOCC2)cn1. The van der Waals surface area contributed by atoms with Crippen LogP contribution in [0.3, 0.4) is 0 Å². The Bertz CT molecular complexity index is 592. The van der Waals surface area contributed by atoms with Gasteiger partial charge in [-0.05, 0) is 40.9 Å². The van der Waals surface area contributed by atoms with Gasteiger partial charge in [0.2, 0.25) is 5.91 Å². The van der Waals surface area contributed by atoms with Crippen molar-refractivity contribution in [3.63, 3.8) is 0 Å². The van der Waals surface area contributed by atoms with E-state index in [0.717, 1.165) is 38.4 Å². The summed E-state index contributed by atoms with van der Waals surface area (Å²) in [5.74, 6) is 0.602. The van der Waals surface area contributed by atoms with E-state index < -0.39 is 0 Å². The lowest BCUT2D eigenvalue weighted by Gasteiger charge is -2.28. The van der Waals surface area contributed by atoms with E-state index in [0.29, 0.717) is 12.2 Å². The van der Waals surface area contributed by atoms with Crippen LogP contribution in [0.1, 0.15) is 12.0 Å². The van der Waals surface area contributed by atoms with Crippen LogP contribution in [0.4, 0.5) is 11.5 Å². The fraction of sp³-hybridized carbons (Fsp3) is 0.375. The first-order valence-electron chi connectivity index (χ1n) is 7.41. The summed E-state index contributed by atoms with van der Waals surface area (Å²) in [5.41, 5.74) is 2.27. The molecule has 5 nitrogen and oxygen atoms in total. The molecule has 2 aromatic heterocycles. The standard InChI is InChI=1S/C16H19N3O2S/c20-16(4-1-13-5-10-22-12-13)18-15-3-2-14(11-17-15)19-6-8-21-9-7-19/h2-3,5,10-12H,1,4,6-9H2,(H,17,18,20). The van der Waals surface area contributed by atoms with Crippen molar-refractivity contribution >= 4 is 28.7 Å². The fourth-order valence-corrected chi connectivity index (χ4v) is 3.07. The Balaban J connectivity index is 1.50. The summed E-state index contributed by atoms with van der Waals surface area (Å²) in [7, 11) is 0. The van der Waals surface area contributed by atoms with Gasteiger partial charge in [0.1, 0.15) is 5.82 Å². The molecule has 3 rings (SSSR count). The molecule has 0 atom stereocenters. The van der Waals surface area contributed by atoms with E-state index in [1.807, 2.05) is 23.6 Å². The number of hydrogen-bond acceptors (Lipinski definition) is 5. The van der Waals surface area contributed by atoms with Gasteiger partial charge in [-0.2, -0.15) is 11.3 Å². The van der Waals surface area contributed by atoms with Gasteiger partial charge in [-0.1, -0.05) is 0 Å². The summed E-state index contributed by atoms with van der Waals surface area (Å²) >= 11 is 1.65. The number of ether oxygens (including phenoxy) is 1.